The molecule has 3 aliphatic rings. The van der Waals surface area contributed by atoms with Crippen molar-refractivity contribution in [1.29, 1.82) is 0 Å². The predicted octanol–water partition coefficient (Wildman–Crippen LogP) is 10.7. The molecule has 0 spiro atoms. The zero-order chi connectivity index (χ0) is 34.2. The topological polar surface area (TPSA) is 72.1 Å². The van der Waals surface area contributed by atoms with Gasteiger partial charge >= 0.3 is 0 Å². The minimum absolute atomic E-state index is 0.358. The summed E-state index contributed by atoms with van der Waals surface area (Å²) >= 11 is 0. The molecule has 6 heteroatoms. The molecule has 2 N–H and O–H groups in total. The minimum atomic E-state index is 0.358. The van der Waals surface area contributed by atoms with Gasteiger partial charge in [0.2, 0.25) is 6.79 Å². The van der Waals surface area contributed by atoms with Crippen LogP contribution in [0.4, 0.5) is 5.69 Å². The molecule has 0 bridgehead atoms. The zero-order valence-corrected chi connectivity index (χ0v) is 30.2. The number of aromatic nitrogens is 3. The Kier molecular flexibility index (Phi) is 11.8. The summed E-state index contributed by atoms with van der Waals surface area (Å²) in [6, 6.07) is 21.6. The summed E-state index contributed by atoms with van der Waals surface area (Å²) in [5.41, 5.74) is 12.3. The van der Waals surface area contributed by atoms with Crippen LogP contribution in [-0.2, 0) is 19.3 Å². The Labute approximate surface area is 287 Å². The van der Waals surface area contributed by atoms with Gasteiger partial charge < -0.3 is 14.8 Å². The zero-order valence-electron chi connectivity index (χ0n) is 30.2. The lowest BCUT2D eigenvalue weighted by atomic mass is 10.00. The monoisotopic (exact) mass is 646 g/mol. The van der Waals surface area contributed by atoms with E-state index < -0.39 is 0 Å². The fourth-order valence-corrected chi connectivity index (χ4v) is 6.03. The maximum absolute atomic E-state index is 5.27. The Morgan fingerprint density at radius 3 is 2.00 bits per heavy atom. The van der Waals surface area contributed by atoms with E-state index in [0.717, 1.165) is 23.6 Å². The molecular formula is C42H54N4O2. The first-order valence-electron chi connectivity index (χ1n) is 17.8. The fourth-order valence-electron chi connectivity index (χ4n) is 6.03. The van der Waals surface area contributed by atoms with E-state index in [2.05, 4.69) is 124 Å². The lowest BCUT2D eigenvalue weighted by Gasteiger charge is -2.07. The van der Waals surface area contributed by atoms with Crippen LogP contribution < -0.4 is 14.8 Å². The van der Waals surface area contributed by atoms with Crippen molar-refractivity contribution in [3.05, 3.63) is 112 Å². The summed E-state index contributed by atoms with van der Waals surface area (Å²) in [5, 5.41) is 11.5. The fraction of sp³-hybridized carbons (Fsp3) is 0.429. The van der Waals surface area contributed by atoms with Crippen molar-refractivity contribution in [3.8, 4) is 11.5 Å². The summed E-state index contributed by atoms with van der Waals surface area (Å²) in [6.07, 6.45) is 8.80. The molecule has 1 aliphatic carbocycles. The number of H-pyrrole nitrogens is 1. The standard InChI is InChI=1S/2C11H15N.C10H12N2.C10H12O2/c1-8(2)9-3-4-11-10(7-9)5-6-12-11;1-8(2)10-6-9-4-3-5-11(9)12-7-10;1-7(2)8-3-4-9-6-11-12-10(9)5-8;1-7(2)8-3-4-9-10(5-8)12-6-11-9/h3-4,7-8,12H,5-6H2,1-2H3;6-8H,3-5H2,1-2H3;3-7H,1-2H3,(H,11,12);3-5,7H,6H2,1-2H3. The van der Waals surface area contributed by atoms with Crippen molar-refractivity contribution in [1.82, 2.24) is 15.2 Å². The number of nitrogens with one attached hydrogen (secondary N) is 2. The van der Waals surface area contributed by atoms with Gasteiger partial charge in [0.25, 0.3) is 0 Å². The third-order valence-electron chi connectivity index (χ3n) is 9.31. The van der Waals surface area contributed by atoms with Crippen molar-refractivity contribution in [2.45, 2.75) is 105 Å². The number of aryl methyl sites for hydroxylation is 2. The molecule has 0 saturated heterocycles. The SMILES string of the molecule is CC(C)c1ccc2c(c1)CCN2.CC(C)c1ccc2c(c1)OCO2.CC(C)c1ccc2cn[nH]c2c1.CC(C)c1cnc2c(c1)CCC2. The quantitative estimate of drug-likeness (QED) is 0.203. The summed E-state index contributed by atoms with van der Waals surface area (Å²) in [4.78, 5) is 4.48. The molecule has 2 aromatic heterocycles. The third kappa shape index (κ3) is 8.97. The van der Waals surface area contributed by atoms with E-state index in [-0.39, 0.29) is 0 Å². The molecule has 8 rings (SSSR count). The highest BCUT2D eigenvalue weighted by Crippen LogP contribution is 2.34. The van der Waals surface area contributed by atoms with Gasteiger partial charge in [-0.25, -0.2) is 0 Å². The average molecular weight is 647 g/mol. The summed E-state index contributed by atoms with van der Waals surface area (Å²) in [6.45, 7) is 19.1. The average Bonchev–Trinajstić information content (AvgIpc) is 3.91. The summed E-state index contributed by atoms with van der Waals surface area (Å²) < 4.78 is 10.5. The number of fused-ring (bicyclic) bond motifs is 4. The van der Waals surface area contributed by atoms with Crippen LogP contribution in [0.5, 0.6) is 11.5 Å². The van der Waals surface area contributed by atoms with Crippen LogP contribution >= 0.6 is 0 Å². The highest BCUT2D eigenvalue weighted by Gasteiger charge is 2.15. The molecule has 0 radical (unpaired) electrons. The van der Waals surface area contributed by atoms with Crippen LogP contribution in [0.15, 0.2) is 73.1 Å². The number of nitrogens with zero attached hydrogens (tertiary/aromatic N) is 2. The molecule has 254 valence electrons. The number of hydrogen-bond acceptors (Lipinski definition) is 5. The second kappa shape index (κ2) is 16.2. The van der Waals surface area contributed by atoms with Gasteiger partial charge in [0.1, 0.15) is 0 Å². The first kappa shape index (κ1) is 35.0. The first-order chi connectivity index (χ1) is 23.1. The van der Waals surface area contributed by atoms with Crippen LogP contribution in [0.25, 0.3) is 10.9 Å². The number of anilines is 1. The molecule has 0 amide bonds. The number of aromatic amines is 1. The minimum Gasteiger partial charge on any atom is -0.454 e. The Hall–Kier alpha value is -4.32. The van der Waals surface area contributed by atoms with Crippen LogP contribution in [-0.4, -0.2) is 28.5 Å². The van der Waals surface area contributed by atoms with E-state index in [0.29, 0.717) is 30.5 Å². The second-order valence-electron chi connectivity index (χ2n) is 14.3. The number of hydrogen-bond donors (Lipinski definition) is 2. The Balaban J connectivity index is 0.000000125. The van der Waals surface area contributed by atoms with Crippen molar-refractivity contribution in [2.24, 2.45) is 0 Å². The van der Waals surface area contributed by atoms with Gasteiger partial charge in [-0.3, -0.25) is 10.1 Å². The van der Waals surface area contributed by atoms with E-state index in [1.165, 1.54) is 75.8 Å². The van der Waals surface area contributed by atoms with Gasteiger partial charge in [-0.05, 0) is 107 Å². The van der Waals surface area contributed by atoms with Crippen LogP contribution in [0.3, 0.4) is 0 Å². The van der Waals surface area contributed by atoms with Crippen molar-refractivity contribution < 1.29 is 9.47 Å². The van der Waals surface area contributed by atoms with E-state index in [9.17, 15) is 0 Å². The smallest absolute Gasteiger partial charge is 0.231 e. The molecule has 2 aliphatic heterocycles. The molecule has 3 aromatic carbocycles. The number of rotatable bonds is 4. The molecule has 5 aromatic rings. The van der Waals surface area contributed by atoms with Gasteiger partial charge in [0, 0.05) is 29.5 Å². The molecule has 6 nitrogen and oxygen atoms in total. The second-order valence-corrected chi connectivity index (χ2v) is 14.3. The van der Waals surface area contributed by atoms with Crippen LogP contribution in [0.1, 0.15) is 125 Å². The van der Waals surface area contributed by atoms with E-state index >= 15 is 0 Å². The van der Waals surface area contributed by atoms with Crippen LogP contribution in [0.2, 0.25) is 0 Å². The van der Waals surface area contributed by atoms with Crippen molar-refractivity contribution in [3.63, 3.8) is 0 Å². The molecule has 0 saturated carbocycles. The molecule has 0 atom stereocenters. The Bertz CT molecular complexity index is 1640. The Morgan fingerprint density at radius 2 is 1.25 bits per heavy atom. The van der Waals surface area contributed by atoms with E-state index in [1.807, 2.05) is 24.5 Å². The van der Waals surface area contributed by atoms with Gasteiger partial charge in [0.05, 0.1) is 11.7 Å². The normalized spacial score (nSPS) is 13.8. The number of pyridine rings is 1. The van der Waals surface area contributed by atoms with Crippen LogP contribution in [0, 0.1) is 0 Å². The van der Waals surface area contributed by atoms with Gasteiger partial charge in [-0.15, -0.1) is 0 Å². The highest BCUT2D eigenvalue weighted by molar-refractivity contribution is 5.78. The first-order valence-corrected chi connectivity index (χ1v) is 17.8. The van der Waals surface area contributed by atoms with Gasteiger partial charge in [-0.2, -0.15) is 5.10 Å². The molecule has 4 heterocycles. The molecule has 0 unspecified atom stereocenters. The number of ether oxygens (including phenoxy) is 2. The van der Waals surface area contributed by atoms with Crippen molar-refractivity contribution in [2.75, 3.05) is 18.7 Å². The maximum Gasteiger partial charge on any atom is 0.231 e. The Morgan fingerprint density at radius 1 is 0.604 bits per heavy atom. The van der Waals surface area contributed by atoms with E-state index in [4.69, 9.17) is 9.47 Å². The largest absolute Gasteiger partial charge is 0.454 e. The maximum atomic E-state index is 5.27. The number of benzene rings is 3. The van der Waals surface area contributed by atoms with Crippen molar-refractivity contribution >= 4 is 16.6 Å². The molecular weight excluding hydrogens is 592 g/mol. The predicted molar refractivity (Wildman–Crippen MR) is 200 cm³/mol. The van der Waals surface area contributed by atoms with Gasteiger partial charge in [0.15, 0.2) is 11.5 Å². The lowest BCUT2D eigenvalue weighted by Crippen LogP contribution is -1.93. The van der Waals surface area contributed by atoms with E-state index in [1.54, 1.807) is 0 Å². The molecule has 48 heavy (non-hydrogen) atoms. The highest BCUT2D eigenvalue weighted by atomic mass is 16.7. The van der Waals surface area contributed by atoms with Gasteiger partial charge in [-0.1, -0.05) is 91.8 Å². The third-order valence-corrected chi connectivity index (χ3v) is 9.31. The summed E-state index contributed by atoms with van der Waals surface area (Å²) in [7, 11) is 0. The molecule has 0 fully saturated rings. The summed E-state index contributed by atoms with van der Waals surface area (Å²) in [5.74, 6) is 4.12. The lowest BCUT2D eigenvalue weighted by molar-refractivity contribution is 0.174.